The fourth-order valence-corrected chi connectivity index (χ4v) is 3.52. The number of hydrogen-bond acceptors (Lipinski definition) is 7. The van der Waals surface area contributed by atoms with Crippen LogP contribution in [0.3, 0.4) is 0 Å². The van der Waals surface area contributed by atoms with Gasteiger partial charge < -0.3 is 16.0 Å². The molecule has 26 heavy (non-hydrogen) atoms. The molecule has 3 aromatic rings. The summed E-state index contributed by atoms with van der Waals surface area (Å²) >= 11 is 1.62. The summed E-state index contributed by atoms with van der Waals surface area (Å²) in [5.41, 5.74) is 6.35. The molecular formula is C19H22N6S. The molecular weight excluding hydrogens is 344 g/mol. The lowest BCUT2D eigenvalue weighted by Crippen LogP contribution is -2.38. The van der Waals surface area contributed by atoms with Crippen LogP contribution in [-0.4, -0.2) is 20.5 Å². The van der Waals surface area contributed by atoms with Gasteiger partial charge in [0.1, 0.15) is 5.82 Å². The van der Waals surface area contributed by atoms with Crippen molar-refractivity contribution in [1.29, 1.82) is 0 Å². The number of aromatic nitrogens is 3. The maximum Gasteiger partial charge on any atom is 0.229 e. The van der Waals surface area contributed by atoms with Gasteiger partial charge in [0.2, 0.25) is 5.95 Å². The number of rotatable bonds is 5. The van der Waals surface area contributed by atoms with Gasteiger partial charge in [-0.1, -0.05) is 0 Å². The molecule has 1 aliphatic carbocycles. The molecule has 0 unspecified atom stereocenters. The molecule has 2 heterocycles. The second-order valence-electron chi connectivity index (χ2n) is 7.38. The Morgan fingerprint density at radius 2 is 1.85 bits per heavy atom. The molecule has 3 N–H and O–H groups in total. The highest BCUT2D eigenvalue weighted by atomic mass is 32.1. The first kappa shape index (κ1) is 16.8. The van der Waals surface area contributed by atoms with Gasteiger partial charge in [0.05, 0.1) is 15.7 Å². The predicted molar refractivity (Wildman–Crippen MR) is 108 cm³/mol. The van der Waals surface area contributed by atoms with Gasteiger partial charge in [-0.25, -0.2) is 9.97 Å². The van der Waals surface area contributed by atoms with Crippen LogP contribution in [0.1, 0.15) is 33.6 Å². The van der Waals surface area contributed by atoms with Crippen molar-refractivity contribution in [3.63, 3.8) is 0 Å². The van der Waals surface area contributed by atoms with Gasteiger partial charge in [-0.15, -0.1) is 11.3 Å². The maximum atomic E-state index is 4.58. The first-order valence-electron chi connectivity index (χ1n) is 8.67. The van der Waals surface area contributed by atoms with Crippen molar-refractivity contribution >= 4 is 39.0 Å². The third-order valence-electron chi connectivity index (χ3n) is 4.04. The molecule has 0 bridgehead atoms. The van der Waals surface area contributed by atoms with Crippen LogP contribution in [0.15, 0.2) is 47.4 Å². The van der Waals surface area contributed by atoms with Gasteiger partial charge in [-0.2, -0.15) is 4.98 Å². The van der Waals surface area contributed by atoms with Gasteiger partial charge in [-0.3, -0.25) is 0 Å². The number of fused-ring (bicyclic) bond motifs is 1. The summed E-state index contributed by atoms with van der Waals surface area (Å²) in [4.78, 5) is 13.2. The van der Waals surface area contributed by atoms with Gasteiger partial charge in [0.25, 0.3) is 0 Å². The zero-order valence-corrected chi connectivity index (χ0v) is 15.9. The molecule has 0 radical (unpaired) electrons. The van der Waals surface area contributed by atoms with Crippen molar-refractivity contribution in [3.05, 3.63) is 47.4 Å². The Kier molecular flexibility index (Phi) is 4.24. The second-order valence-corrected chi connectivity index (χ2v) is 8.27. The molecule has 1 aliphatic rings. The maximum absolute atomic E-state index is 4.58. The van der Waals surface area contributed by atoms with E-state index in [-0.39, 0.29) is 5.54 Å². The van der Waals surface area contributed by atoms with Crippen LogP contribution in [0.2, 0.25) is 0 Å². The van der Waals surface area contributed by atoms with Crippen molar-refractivity contribution in [2.75, 3.05) is 10.6 Å². The molecule has 0 atom stereocenters. The first-order chi connectivity index (χ1) is 12.5. The zero-order chi connectivity index (χ0) is 18.1. The van der Waals surface area contributed by atoms with Crippen molar-refractivity contribution in [2.24, 2.45) is 0 Å². The Hall–Kier alpha value is -2.67. The van der Waals surface area contributed by atoms with E-state index in [1.807, 2.05) is 23.7 Å². The van der Waals surface area contributed by atoms with Crippen LogP contribution in [0.5, 0.6) is 0 Å². The van der Waals surface area contributed by atoms with Gasteiger partial charge in [0.15, 0.2) is 0 Å². The van der Waals surface area contributed by atoms with E-state index >= 15 is 0 Å². The van der Waals surface area contributed by atoms with E-state index in [1.54, 1.807) is 17.5 Å². The van der Waals surface area contributed by atoms with Crippen LogP contribution in [-0.2, 0) is 0 Å². The molecule has 0 amide bonds. The molecule has 0 aliphatic heterocycles. The van der Waals surface area contributed by atoms with E-state index in [9.17, 15) is 0 Å². The molecule has 1 aromatic carbocycles. The van der Waals surface area contributed by atoms with Crippen LogP contribution in [0.4, 0.5) is 17.5 Å². The minimum atomic E-state index is 0.0658. The van der Waals surface area contributed by atoms with Crippen molar-refractivity contribution in [3.8, 4) is 0 Å². The van der Waals surface area contributed by atoms with Crippen LogP contribution < -0.4 is 16.0 Å². The van der Waals surface area contributed by atoms with E-state index in [1.165, 1.54) is 11.4 Å². The number of hydrogen-bond donors (Lipinski definition) is 3. The fraction of sp³-hybridized carbons (Fsp3) is 0.316. The van der Waals surface area contributed by atoms with Crippen LogP contribution in [0, 0.1) is 0 Å². The minimum absolute atomic E-state index is 0.0658. The molecule has 7 heteroatoms. The highest BCUT2D eigenvalue weighted by Gasteiger charge is 2.22. The summed E-state index contributed by atoms with van der Waals surface area (Å²) in [7, 11) is 0. The number of benzene rings is 1. The average molecular weight is 366 g/mol. The van der Waals surface area contributed by atoms with Crippen LogP contribution in [0.25, 0.3) is 10.2 Å². The van der Waals surface area contributed by atoms with E-state index in [4.69, 9.17) is 0 Å². The minimum Gasteiger partial charge on any atom is -0.382 e. The topological polar surface area (TPSA) is 74.8 Å². The van der Waals surface area contributed by atoms with Gasteiger partial charge >= 0.3 is 0 Å². The summed E-state index contributed by atoms with van der Waals surface area (Å²) in [6.07, 6.45) is 3.87. The third-order valence-corrected chi connectivity index (χ3v) is 4.83. The normalized spacial score (nSPS) is 14.3. The largest absolute Gasteiger partial charge is 0.382 e. The Morgan fingerprint density at radius 1 is 1.00 bits per heavy atom. The summed E-state index contributed by atoms with van der Waals surface area (Å²) in [6, 6.07) is 7.94. The molecule has 0 spiro atoms. The Bertz CT molecular complexity index is 969. The van der Waals surface area contributed by atoms with E-state index in [0.29, 0.717) is 5.95 Å². The number of anilines is 3. The number of nitrogens with zero attached hydrogens (tertiary/aromatic N) is 3. The summed E-state index contributed by atoms with van der Waals surface area (Å²) in [5, 5.41) is 10.2. The molecule has 6 nitrogen and oxygen atoms in total. The van der Waals surface area contributed by atoms with E-state index < -0.39 is 0 Å². The number of allylic oxidation sites excluding steroid dienone is 2. The SMILES string of the molecule is CC(C)(C)NC1=C(Nc2ccnc(Nc3ccc4ncsc4c3)n2)CC1. The average Bonchev–Trinajstić information content (AvgIpc) is 3.04. The van der Waals surface area contributed by atoms with Gasteiger partial charge in [0, 0.05) is 28.8 Å². The molecule has 0 fully saturated rings. The van der Waals surface area contributed by atoms with Crippen molar-refractivity contribution in [2.45, 2.75) is 39.2 Å². The van der Waals surface area contributed by atoms with Crippen molar-refractivity contribution in [1.82, 2.24) is 20.3 Å². The molecule has 134 valence electrons. The Labute approximate surface area is 156 Å². The monoisotopic (exact) mass is 366 g/mol. The number of thiazole rings is 1. The van der Waals surface area contributed by atoms with E-state index in [2.05, 4.69) is 57.7 Å². The lowest BCUT2D eigenvalue weighted by Gasteiger charge is -2.32. The van der Waals surface area contributed by atoms with Gasteiger partial charge in [-0.05, 0) is 57.9 Å². The number of nitrogens with one attached hydrogen (secondary N) is 3. The van der Waals surface area contributed by atoms with Crippen molar-refractivity contribution < 1.29 is 0 Å². The standard InChI is InChI=1S/C19H22N6S/c1-19(2,3)25-14-7-6-13(14)23-17-8-9-20-18(24-17)22-12-4-5-15-16(10-12)26-11-21-15/h4-5,8-11,25H,6-7H2,1-3H3,(H2,20,22,23,24). The zero-order valence-electron chi connectivity index (χ0n) is 15.1. The smallest absolute Gasteiger partial charge is 0.229 e. The summed E-state index contributed by atoms with van der Waals surface area (Å²) in [5.74, 6) is 1.37. The summed E-state index contributed by atoms with van der Waals surface area (Å²) in [6.45, 7) is 6.51. The quantitative estimate of drug-likeness (QED) is 0.611. The fourth-order valence-electron chi connectivity index (χ4n) is 2.81. The highest BCUT2D eigenvalue weighted by Crippen LogP contribution is 2.29. The Balaban J connectivity index is 1.49. The lowest BCUT2D eigenvalue weighted by atomic mass is 9.97. The molecule has 2 aromatic heterocycles. The molecule has 4 rings (SSSR count). The van der Waals surface area contributed by atoms with E-state index in [0.717, 1.165) is 34.6 Å². The second kappa shape index (κ2) is 6.57. The summed E-state index contributed by atoms with van der Waals surface area (Å²) < 4.78 is 1.14. The highest BCUT2D eigenvalue weighted by molar-refractivity contribution is 7.16. The molecule has 0 saturated carbocycles. The lowest BCUT2D eigenvalue weighted by molar-refractivity contribution is 0.446. The first-order valence-corrected chi connectivity index (χ1v) is 9.55. The predicted octanol–water partition coefficient (Wildman–Crippen LogP) is 4.64. The third kappa shape index (κ3) is 3.77. The molecule has 0 saturated heterocycles. The van der Waals surface area contributed by atoms with Crippen LogP contribution >= 0.6 is 11.3 Å². The Morgan fingerprint density at radius 3 is 2.62 bits per heavy atom.